The Kier molecular flexibility index (Phi) is 7.81. The van der Waals surface area contributed by atoms with Crippen LogP contribution in [0.1, 0.15) is 85.0 Å². The molecule has 0 saturated heterocycles. The fourth-order valence-electron chi connectivity index (χ4n) is 3.75. The van der Waals surface area contributed by atoms with Crippen molar-refractivity contribution in [1.82, 2.24) is 4.90 Å². The van der Waals surface area contributed by atoms with Crippen LogP contribution < -0.4 is 0 Å². The van der Waals surface area contributed by atoms with Gasteiger partial charge in [0, 0.05) is 19.0 Å². The van der Waals surface area contributed by atoms with E-state index >= 15 is 0 Å². The van der Waals surface area contributed by atoms with Gasteiger partial charge in [0.2, 0.25) is 0 Å². The lowest BCUT2D eigenvalue weighted by molar-refractivity contribution is 0.396. The zero-order chi connectivity index (χ0) is 17.4. The molecule has 0 bridgehead atoms. The molecule has 1 aliphatic carbocycles. The zero-order valence-corrected chi connectivity index (χ0v) is 16.3. The van der Waals surface area contributed by atoms with E-state index in [2.05, 4.69) is 51.1 Å². The van der Waals surface area contributed by atoms with E-state index in [4.69, 9.17) is 4.99 Å². The molecule has 0 radical (unpaired) electrons. The average molecular weight is 329 g/mol. The predicted molar refractivity (Wildman–Crippen MR) is 106 cm³/mol. The molecule has 0 amide bonds. The van der Waals surface area contributed by atoms with Gasteiger partial charge in [-0.25, -0.2) is 4.99 Å². The number of nitrogens with zero attached hydrogens (tertiary/aromatic N) is 2. The SMILES string of the molecule is CCCCCCC1=N/C(=C(/C=C(C)C)C2CCCCC2)N(C)C=C1. The van der Waals surface area contributed by atoms with Gasteiger partial charge in [0.15, 0.2) is 0 Å². The number of unbranched alkanes of at least 4 members (excludes halogenated alkanes) is 3. The molecule has 0 aromatic rings. The molecule has 1 heterocycles. The van der Waals surface area contributed by atoms with Crippen LogP contribution in [-0.2, 0) is 0 Å². The fraction of sp³-hybridized carbons (Fsp3) is 0.682. The van der Waals surface area contributed by atoms with Gasteiger partial charge in [0.1, 0.15) is 5.82 Å². The first kappa shape index (κ1) is 19.0. The molecule has 0 unspecified atom stereocenters. The Hall–Kier alpha value is -1.31. The summed E-state index contributed by atoms with van der Waals surface area (Å²) in [4.78, 5) is 7.30. The van der Waals surface area contributed by atoms with Gasteiger partial charge in [-0.05, 0) is 57.1 Å². The van der Waals surface area contributed by atoms with Crippen LogP contribution in [0.2, 0.25) is 0 Å². The van der Waals surface area contributed by atoms with Crippen LogP contribution in [0.25, 0.3) is 0 Å². The van der Waals surface area contributed by atoms with Gasteiger partial charge in [-0.15, -0.1) is 0 Å². The van der Waals surface area contributed by atoms with Gasteiger partial charge in [-0.2, -0.15) is 0 Å². The van der Waals surface area contributed by atoms with E-state index in [-0.39, 0.29) is 0 Å². The summed E-state index contributed by atoms with van der Waals surface area (Å²) in [6.07, 6.45) is 19.9. The van der Waals surface area contributed by atoms with Gasteiger partial charge >= 0.3 is 0 Å². The van der Waals surface area contributed by atoms with E-state index in [0.717, 1.165) is 6.42 Å². The molecule has 0 aromatic heterocycles. The molecule has 1 saturated carbocycles. The minimum Gasteiger partial charge on any atom is -0.336 e. The van der Waals surface area contributed by atoms with Crippen molar-refractivity contribution in [2.45, 2.75) is 85.0 Å². The van der Waals surface area contributed by atoms with E-state index in [1.54, 1.807) is 0 Å². The molecule has 2 aliphatic rings. The van der Waals surface area contributed by atoms with Gasteiger partial charge < -0.3 is 4.90 Å². The molecule has 2 rings (SSSR count). The van der Waals surface area contributed by atoms with Crippen molar-refractivity contribution in [2.75, 3.05) is 7.05 Å². The van der Waals surface area contributed by atoms with Gasteiger partial charge in [0.05, 0.1) is 0 Å². The highest BCUT2D eigenvalue weighted by Crippen LogP contribution is 2.34. The van der Waals surface area contributed by atoms with Crippen molar-refractivity contribution in [3.63, 3.8) is 0 Å². The molecule has 1 fully saturated rings. The zero-order valence-electron chi connectivity index (χ0n) is 16.3. The lowest BCUT2D eigenvalue weighted by atomic mass is 9.82. The highest BCUT2D eigenvalue weighted by atomic mass is 15.2. The average Bonchev–Trinajstić information content (AvgIpc) is 2.59. The van der Waals surface area contributed by atoms with Crippen LogP contribution >= 0.6 is 0 Å². The fourth-order valence-corrected chi connectivity index (χ4v) is 3.75. The van der Waals surface area contributed by atoms with Crippen LogP contribution in [0.3, 0.4) is 0 Å². The molecule has 0 atom stereocenters. The van der Waals surface area contributed by atoms with E-state index in [0.29, 0.717) is 5.92 Å². The van der Waals surface area contributed by atoms with Crippen molar-refractivity contribution >= 4 is 5.71 Å². The van der Waals surface area contributed by atoms with Crippen LogP contribution in [0, 0.1) is 5.92 Å². The minimum absolute atomic E-state index is 0.683. The third-order valence-electron chi connectivity index (χ3n) is 5.11. The molecular formula is C22H36N2. The maximum absolute atomic E-state index is 5.08. The van der Waals surface area contributed by atoms with E-state index in [1.165, 1.54) is 80.5 Å². The third kappa shape index (κ3) is 5.65. The Bertz CT molecular complexity index is 512. The quantitative estimate of drug-likeness (QED) is 0.480. The van der Waals surface area contributed by atoms with Crippen molar-refractivity contribution in [3.05, 3.63) is 35.3 Å². The molecule has 2 heteroatoms. The van der Waals surface area contributed by atoms with Crippen molar-refractivity contribution in [3.8, 4) is 0 Å². The summed E-state index contributed by atoms with van der Waals surface area (Å²) in [7, 11) is 2.14. The second kappa shape index (κ2) is 9.86. The first-order chi connectivity index (χ1) is 11.6. The Morgan fingerprint density at radius 1 is 1.17 bits per heavy atom. The van der Waals surface area contributed by atoms with Crippen LogP contribution in [0.15, 0.2) is 40.3 Å². The second-order valence-electron chi connectivity index (χ2n) is 7.68. The molecule has 2 nitrogen and oxygen atoms in total. The summed E-state index contributed by atoms with van der Waals surface area (Å²) in [5, 5.41) is 0. The molecule has 0 N–H and O–H groups in total. The number of allylic oxidation sites excluding steroid dienone is 4. The lowest BCUT2D eigenvalue weighted by Gasteiger charge is -2.29. The van der Waals surface area contributed by atoms with Gasteiger partial charge in [-0.1, -0.05) is 57.1 Å². The van der Waals surface area contributed by atoms with E-state index in [9.17, 15) is 0 Å². The maximum atomic E-state index is 5.08. The molecule has 0 aromatic carbocycles. The maximum Gasteiger partial charge on any atom is 0.136 e. The number of rotatable bonds is 7. The van der Waals surface area contributed by atoms with Crippen LogP contribution in [0.5, 0.6) is 0 Å². The number of aliphatic imine (C=N–C) groups is 1. The Morgan fingerprint density at radius 2 is 1.92 bits per heavy atom. The molecule has 0 spiro atoms. The van der Waals surface area contributed by atoms with Crippen molar-refractivity contribution < 1.29 is 0 Å². The topological polar surface area (TPSA) is 15.6 Å². The molecule has 134 valence electrons. The summed E-state index contributed by atoms with van der Waals surface area (Å²) in [5.41, 5.74) is 4.10. The Morgan fingerprint density at radius 3 is 2.58 bits per heavy atom. The van der Waals surface area contributed by atoms with Gasteiger partial charge in [0.25, 0.3) is 0 Å². The third-order valence-corrected chi connectivity index (χ3v) is 5.11. The van der Waals surface area contributed by atoms with E-state index in [1.807, 2.05) is 0 Å². The van der Waals surface area contributed by atoms with Crippen molar-refractivity contribution in [2.24, 2.45) is 10.9 Å². The summed E-state index contributed by atoms with van der Waals surface area (Å²) in [6.45, 7) is 6.68. The normalized spacial score (nSPS) is 20.8. The number of hydrogen-bond donors (Lipinski definition) is 0. The second-order valence-corrected chi connectivity index (χ2v) is 7.68. The first-order valence-corrected chi connectivity index (χ1v) is 9.99. The first-order valence-electron chi connectivity index (χ1n) is 9.99. The number of hydrogen-bond acceptors (Lipinski definition) is 2. The smallest absolute Gasteiger partial charge is 0.136 e. The van der Waals surface area contributed by atoms with Crippen LogP contribution in [0.4, 0.5) is 0 Å². The summed E-state index contributed by atoms with van der Waals surface area (Å²) in [6, 6.07) is 0. The van der Waals surface area contributed by atoms with E-state index < -0.39 is 0 Å². The summed E-state index contributed by atoms with van der Waals surface area (Å²) >= 11 is 0. The highest BCUT2D eigenvalue weighted by Gasteiger charge is 2.22. The highest BCUT2D eigenvalue weighted by molar-refractivity contribution is 5.96. The monoisotopic (exact) mass is 328 g/mol. The Balaban J connectivity index is 2.22. The Labute approximate surface area is 149 Å². The summed E-state index contributed by atoms with van der Waals surface area (Å²) in [5.74, 6) is 1.87. The van der Waals surface area contributed by atoms with Crippen molar-refractivity contribution in [1.29, 1.82) is 0 Å². The standard InChI is InChI=1S/C22H36N2/c1-5-6-7-11-14-20-15-16-24(4)22(23-20)21(17-18(2)3)19-12-9-8-10-13-19/h15-17,19H,5-14H2,1-4H3/b22-21+. The predicted octanol–water partition coefficient (Wildman–Crippen LogP) is 6.62. The largest absolute Gasteiger partial charge is 0.336 e. The lowest BCUT2D eigenvalue weighted by Crippen LogP contribution is -2.20. The molecule has 24 heavy (non-hydrogen) atoms. The van der Waals surface area contributed by atoms with Gasteiger partial charge in [-0.3, -0.25) is 0 Å². The molecule has 1 aliphatic heterocycles. The molecular weight excluding hydrogens is 292 g/mol. The summed E-state index contributed by atoms with van der Waals surface area (Å²) < 4.78 is 0. The van der Waals surface area contributed by atoms with Crippen LogP contribution in [-0.4, -0.2) is 17.7 Å². The minimum atomic E-state index is 0.683.